The van der Waals surface area contributed by atoms with Crippen LogP contribution in [0.15, 0.2) is 24.3 Å². The highest BCUT2D eigenvalue weighted by Gasteiger charge is 2.57. The lowest BCUT2D eigenvalue weighted by Gasteiger charge is -2.54. The number of methoxy groups -OCH3 is 1. The van der Waals surface area contributed by atoms with E-state index in [1.165, 1.54) is 0 Å². The molecule has 0 unspecified atom stereocenters. The first-order valence-electron chi connectivity index (χ1n) is 7.22. The molecular weight excluding hydrogens is 304 g/mol. The van der Waals surface area contributed by atoms with Crippen molar-refractivity contribution in [3.63, 3.8) is 0 Å². The van der Waals surface area contributed by atoms with Crippen LogP contribution >= 0.6 is 0 Å². The maximum atomic E-state index is 12.2. The lowest BCUT2D eigenvalue weighted by atomic mass is 9.83. The minimum absolute atomic E-state index is 0.111. The highest BCUT2D eigenvalue weighted by Crippen LogP contribution is 2.41. The van der Waals surface area contributed by atoms with Gasteiger partial charge in [0.2, 0.25) is 0 Å². The van der Waals surface area contributed by atoms with Crippen molar-refractivity contribution >= 4 is 15.9 Å². The van der Waals surface area contributed by atoms with Crippen LogP contribution in [0.5, 0.6) is 5.75 Å². The van der Waals surface area contributed by atoms with Crippen molar-refractivity contribution in [2.24, 2.45) is 5.41 Å². The highest BCUT2D eigenvalue weighted by atomic mass is 32.2. The number of carbonyl (C=O) groups excluding carboxylic acids is 1. The molecule has 3 rings (SSSR count). The molecule has 0 bridgehead atoms. The molecule has 0 radical (unpaired) electrons. The number of amides is 2. The Morgan fingerprint density at radius 3 is 2.36 bits per heavy atom. The van der Waals surface area contributed by atoms with Gasteiger partial charge >= 0.3 is 6.03 Å². The Morgan fingerprint density at radius 1 is 1.27 bits per heavy atom. The lowest BCUT2D eigenvalue weighted by Crippen LogP contribution is -2.70. The molecule has 0 aliphatic carbocycles. The van der Waals surface area contributed by atoms with E-state index in [1.54, 1.807) is 12.0 Å². The fourth-order valence-corrected chi connectivity index (χ4v) is 5.38. The van der Waals surface area contributed by atoms with Gasteiger partial charge in [0.05, 0.1) is 24.7 Å². The molecule has 2 heterocycles. The van der Waals surface area contributed by atoms with E-state index in [1.807, 2.05) is 31.2 Å². The van der Waals surface area contributed by atoms with Crippen LogP contribution in [0.4, 0.5) is 4.79 Å². The second-order valence-electron chi connectivity index (χ2n) is 6.33. The lowest BCUT2D eigenvalue weighted by molar-refractivity contribution is 0.0540. The zero-order valence-corrected chi connectivity index (χ0v) is 13.5. The van der Waals surface area contributed by atoms with Gasteiger partial charge in [-0.3, -0.25) is 0 Å². The smallest absolute Gasteiger partial charge is 0.317 e. The summed E-state index contributed by atoms with van der Waals surface area (Å²) < 4.78 is 27.6. The molecule has 0 aromatic heterocycles. The molecule has 2 amide bonds. The van der Waals surface area contributed by atoms with E-state index in [0.717, 1.165) is 11.3 Å². The molecular formula is C15H20N2O4S. The number of sulfone groups is 1. The molecule has 7 heteroatoms. The summed E-state index contributed by atoms with van der Waals surface area (Å²) in [5, 5.41) is 2.94. The third-order valence-electron chi connectivity index (χ3n) is 4.35. The summed E-state index contributed by atoms with van der Waals surface area (Å²) in [6.45, 7) is 2.99. The number of benzene rings is 1. The standard InChI is InChI=1S/C15H20N2O4S/c1-11(12-3-5-13(21-2)6-4-12)16-14(18)17-7-15(8-17)9-22(19,20)10-15/h3-6,11H,7-10H2,1-2H3,(H,16,18)/t11-/m0/s1. The van der Waals surface area contributed by atoms with Gasteiger partial charge < -0.3 is 15.0 Å². The Labute approximate surface area is 130 Å². The summed E-state index contributed by atoms with van der Waals surface area (Å²) in [5.41, 5.74) is 0.829. The summed E-state index contributed by atoms with van der Waals surface area (Å²) in [6, 6.07) is 7.30. The van der Waals surface area contributed by atoms with Crippen molar-refractivity contribution < 1.29 is 17.9 Å². The number of nitrogens with one attached hydrogen (secondary N) is 1. The third kappa shape index (κ3) is 2.77. The first kappa shape index (κ1) is 15.1. The molecule has 0 saturated carbocycles. The monoisotopic (exact) mass is 324 g/mol. The molecule has 2 aliphatic heterocycles. The molecule has 22 heavy (non-hydrogen) atoms. The van der Waals surface area contributed by atoms with Gasteiger partial charge in [0.15, 0.2) is 9.84 Å². The molecule has 120 valence electrons. The Kier molecular flexibility index (Phi) is 3.55. The number of urea groups is 1. The number of carbonyl (C=O) groups is 1. The van der Waals surface area contributed by atoms with Crippen molar-refractivity contribution in [2.75, 3.05) is 31.7 Å². The van der Waals surface area contributed by atoms with E-state index in [2.05, 4.69) is 5.32 Å². The topological polar surface area (TPSA) is 75.7 Å². The van der Waals surface area contributed by atoms with E-state index in [0.29, 0.717) is 13.1 Å². The molecule has 6 nitrogen and oxygen atoms in total. The van der Waals surface area contributed by atoms with Crippen molar-refractivity contribution in [1.29, 1.82) is 0 Å². The number of likely N-dealkylation sites (tertiary alicyclic amines) is 1. The second kappa shape index (κ2) is 5.15. The molecule has 2 aliphatic rings. The van der Waals surface area contributed by atoms with E-state index in [4.69, 9.17) is 4.74 Å². The Hall–Kier alpha value is -1.76. The average molecular weight is 324 g/mol. The van der Waals surface area contributed by atoms with Crippen LogP contribution in [0.1, 0.15) is 18.5 Å². The van der Waals surface area contributed by atoms with Crippen LogP contribution in [0.2, 0.25) is 0 Å². The molecule has 1 spiro atoms. The number of hydrogen-bond donors (Lipinski definition) is 1. The summed E-state index contributed by atoms with van der Waals surface area (Å²) in [7, 11) is -1.23. The van der Waals surface area contributed by atoms with Gasteiger partial charge in [-0.2, -0.15) is 0 Å². The first-order chi connectivity index (χ1) is 10.3. The minimum Gasteiger partial charge on any atom is -0.497 e. The Morgan fingerprint density at radius 2 is 1.86 bits per heavy atom. The van der Waals surface area contributed by atoms with E-state index < -0.39 is 9.84 Å². The van der Waals surface area contributed by atoms with Gasteiger partial charge in [-0.05, 0) is 24.6 Å². The van der Waals surface area contributed by atoms with Gasteiger partial charge in [0, 0.05) is 18.5 Å². The van der Waals surface area contributed by atoms with Crippen LogP contribution in [-0.2, 0) is 9.84 Å². The maximum absolute atomic E-state index is 12.2. The zero-order chi connectivity index (χ0) is 16.0. The highest BCUT2D eigenvalue weighted by molar-refractivity contribution is 7.92. The van der Waals surface area contributed by atoms with E-state index in [-0.39, 0.29) is 29.0 Å². The van der Waals surface area contributed by atoms with Crippen LogP contribution in [0.3, 0.4) is 0 Å². The largest absolute Gasteiger partial charge is 0.497 e. The van der Waals surface area contributed by atoms with Crippen LogP contribution in [-0.4, -0.2) is 51.1 Å². The normalized spacial score (nSPS) is 22.4. The van der Waals surface area contributed by atoms with Gasteiger partial charge in [-0.25, -0.2) is 13.2 Å². The molecule has 1 atom stereocenters. The van der Waals surface area contributed by atoms with E-state index in [9.17, 15) is 13.2 Å². The second-order valence-corrected chi connectivity index (χ2v) is 8.40. The molecule has 2 saturated heterocycles. The first-order valence-corrected chi connectivity index (χ1v) is 9.04. The number of ether oxygens (including phenoxy) is 1. The Balaban J connectivity index is 1.52. The van der Waals surface area contributed by atoms with Crippen LogP contribution < -0.4 is 10.1 Å². The molecule has 1 aromatic carbocycles. The molecule has 1 aromatic rings. The van der Waals surface area contributed by atoms with Gasteiger partial charge in [0.1, 0.15) is 5.75 Å². The summed E-state index contributed by atoms with van der Waals surface area (Å²) in [4.78, 5) is 13.8. The van der Waals surface area contributed by atoms with Crippen molar-refractivity contribution in [3.8, 4) is 5.75 Å². The van der Waals surface area contributed by atoms with Crippen molar-refractivity contribution in [1.82, 2.24) is 10.2 Å². The molecule has 1 N–H and O–H groups in total. The zero-order valence-electron chi connectivity index (χ0n) is 12.7. The summed E-state index contributed by atoms with van der Waals surface area (Å²) in [6.07, 6.45) is 0. The predicted molar refractivity (Wildman–Crippen MR) is 82.6 cm³/mol. The third-order valence-corrected chi connectivity index (χ3v) is 6.45. The van der Waals surface area contributed by atoms with Gasteiger partial charge in [-0.1, -0.05) is 12.1 Å². The summed E-state index contributed by atoms with van der Waals surface area (Å²) in [5.74, 6) is 1.22. The van der Waals surface area contributed by atoms with Crippen molar-refractivity contribution in [3.05, 3.63) is 29.8 Å². The van der Waals surface area contributed by atoms with Crippen LogP contribution in [0, 0.1) is 5.41 Å². The predicted octanol–water partition coefficient (Wildman–Crippen LogP) is 1.20. The number of rotatable bonds is 3. The molecule has 2 fully saturated rings. The minimum atomic E-state index is -2.84. The summed E-state index contributed by atoms with van der Waals surface area (Å²) >= 11 is 0. The SMILES string of the molecule is COc1ccc([C@H](C)NC(=O)N2CC3(C2)CS(=O)(=O)C3)cc1. The van der Waals surface area contributed by atoms with Gasteiger partial charge in [0.25, 0.3) is 0 Å². The Bertz CT molecular complexity index is 664. The average Bonchev–Trinajstić information content (AvgIpc) is 2.41. The van der Waals surface area contributed by atoms with Crippen LogP contribution in [0.25, 0.3) is 0 Å². The fourth-order valence-electron chi connectivity index (χ4n) is 3.23. The van der Waals surface area contributed by atoms with E-state index >= 15 is 0 Å². The van der Waals surface area contributed by atoms with Crippen molar-refractivity contribution in [2.45, 2.75) is 13.0 Å². The number of hydrogen-bond acceptors (Lipinski definition) is 4. The fraction of sp³-hybridized carbons (Fsp3) is 0.533. The van der Waals surface area contributed by atoms with Gasteiger partial charge in [-0.15, -0.1) is 0 Å². The quantitative estimate of drug-likeness (QED) is 0.906. The number of nitrogens with zero attached hydrogens (tertiary/aromatic N) is 1. The maximum Gasteiger partial charge on any atom is 0.317 e.